The molecule has 0 aliphatic carbocycles. The van der Waals surface area contributed by atoms with Gasteiger partial charge in [-0.25, -0.2) is 0 Å². The fraction of sp³-hybridized carbons (Fsp3) is 0.250. The van der Waals surface area contributed by atoms with Gasteiger partial charge in [-0.15, -0.1) is 0 Å². The van der Waals surface area contributed by atoms with Crippen molar-refractivity contribution in [2.75, 3.05) is 13.3 Å². The van der Waals surface area contributed by atoms with Crippen LogP contribution in [0, 0.1) is 0 Å². The fourth-order valence-corrected chi connectivity index (χ4v) is 1.36. The quantitative estimate of drug-likeness (QED) is 0.613. The molecule has 59 valence electrons. The third-order valence-corrected chi connectivity index (χ3v) is 2.33. The van der Waals surface area contributed by atoms with Crippen LogP contribution < -0.4 is 5.32 Å². The number of hydrogen-bond donors (Lipinski definition) is 0. The summed E-state index contributed by atoms with van der Waals surface area (Å²) >= 11 is -0.901. The summed E-state index contributed by atoms with van der Waals surface area (Å²) in [5, 5.41) is 3.98. The molecule has 0 saturated carbocycles. The van der Waals surface area contributed by atoms with Crippen molar-refractivity contribution in [3.05, 3.63) is 24.3 Å². The van der Waals surface area contributed by atoms with Crippen LogP contribution in [0.2, 0.25) is 0 Å². The van der Waals surface area contributed by atoms with Crippen LogP contribution in [0.3, 0.4) is 0 Å². The zero-order valence-electron chi connectivity index (χ0n) is 6.57. The Labute approximate surface area is 69.8 Å². The second kappa shape index (κ2) is 3.64. The minimum atomic E-state index is -0.901. The lowest BCUT2D eigenvalue weighted by molar-refractivity contribution is 0.601. The van der Waals surface area contributed by atoms with Gasteiger partial charge in [0.15, 0.2) is 4.90 Å². The zero-order valence-corrected chi connectivity index (χ0v) is 7.39. The van der Waals surface area contributed by atoms with Crippen LogP contribution in [-0.2, 0) is 11.2 Å². The summed E-state index contributed by atoms with van der Waals surface area (Å²) < 4.78 is 11.0. The Bertz CT molecular complexity index is 237. The van der Waals surface area contributed by atoms with Crippen LogP contribution in [0.5, 0.6) is 0 Å². The summed E-state index contributed by atoms with van der Waals surface area (Å²) in [6.45, 7) is 0. The summed E-state index contributed by atoms with van der Waals surface area (Å²) in [6, 6.07) is 7.41. The highest BCUT2D eigenvalue weighted by molar-refractivity contribution is 7.90. The Morgan fingerprint density at radius 1 is 1.45 bits per heavy atom. The number of nitrogens with zero attached hydrogens (tertiary/aromatic N) is 1. The first kappa shape index (κ1) is 8.43. The Hall–Kier alpha value is -0.670. The molecule has 0 N–H and O–H groups in total. The molecular weight excluding hydrogens is 158 g/mol. The van der Waals surface area contributed by atoms with E-state index in [1.807, 2.05) is 24.3 Å². The summed E-state index contributed by atoms with van der Waals surface area (Å²) in [5.74, 6) is 0. The smallest absolute Gasteiger partial charge is 0.154 e. The topological polar surface area (TPSA) is 37.2 Å². The van der Waals surface area contributed by atoms with Crippen molar-refractivity contribution in [2.24, 2.45) is 0 Å². The first-order valence-corrected chi connectivity index (χ1v) is 4.83. The number of rotatable bonds is 2. The van der Waals surface area contributed by atoms with E-state index in [9.17, 15) is 4.55 Å². The highest BCUT2D eigenvalue weighted by Crippen LogP contribution is 2.14. The summed E-state index contributed by atoms with van der Waals surface area (Å²) in [7, 11) is 1.72. The van der Waals surface area contributed by atoms with E-state index in [0.717, 1.165) is 10.6 Å². The number of benzene rings is 1. The lowest BCUT2D eigenvalue weighted by Gasteiger charge is -2.04. The molecule has 0 aromatic heterocycles. The molecule has 11 heavy (non-hydrogen) atoms. The molecule has 0 fully saturated rings. The molecule has 0 saturated heterocycles. The first-order valence-electron chi connectivity index (χ1n) is 3.27. The summed E-state index contributed by atoms with van der Waals surface area (Å²) in [6.07, 6.45) is 1.66. The summed E-state index contributed by atoms with van der Waals surface area (Å²) in [4.78, 5) is 0.827. The zero-order chi connectivity index (χ0) is 8.27. The van der Waals surface area contributed by atoms with Gasteiger partial charge >= 0.3 is 0 Å². The molecule has 1 unspecified atom stereocenters. The lowest BCUT2D eigenvalue weighted by atomic mass is 10.3. The minimum absolute atomic E-state index is 0.827. The lowest BCUT2D eigenvalue weighted by Crippen LogP contribution is -1.97. The van der Waals surface area contributed by atoms with Gasteiger partial charge in [-0.1, -0.05) is 6.07 Å². The third kappa shape index (κ3) is 2.13. The van der Waals surface area contributed by atoms with Crippen molar-refractivity contribution >= 4 is 16.9 Å². The monoisotopic (exact) mass is 168 g/mol. The SMILES string of the molecule is C[N]c1cccc([S+](C)[O-])c1. The molecule has 0 spiro atoms. The molecule has 0 aliphatic heterocycles. The van der Waals surface area contributed by atoms with Crippen LogP contribution in [0.1, 0.15) is 0 Å². The maximum atomic E-state index is 11.0. The van der Waals surface area contributed by atoms with Gasteiger partial charge in [-0.05, 0) is 23.3 Å². The third-order valence-electron chi connectivity index (χ3n) is 1.41. The van der Waals surface area contributed by atoms with Crippen molar-refractivity contribution in [1.82, 2.24) is 5.32 Å². The Kier molecular flexibility index (Phi) is 2.79. The normalized spacial score (nSPS) is 12.6. The van der Waals surface area contributed by atoms with Crippen molar-refractivity contribution in [1.29, 1.82) is 0 Å². The van der Waals surface area contributed by atoms with E-state index in [0.29, 0.717) is 0 Å². The maximum Gasteiger partial charge on any atom is 0.154 e. The van der Waals surface area contributed by atoms with Crippen molar-refractivity contribution in [3.8, 4) is 0 Å². The summed E-state index contributed by atoms with van der Waals surface area (Å²) in [5.41, 5.74) is 0.873. The second-order valence-corrected chi connectivity index (χ2v) is 3.55. The highest BCUT2D eigenvalue weighted by Gasteiger charge is 2.03. The van der Waals surface area contributed by atoms with Gasteiger partial charge in [0.1, 0.15) is 6.26 Å². The molecule has 0 aliphatic rings. The molecule has 0 bridgehead atoms. The van der Waals surface area contributed by atoms with Crippen LogP contribution in [0.15, 0.2) is 29.2 Å². The van der Waals surface area contributed by atoms with Crippen LogP contribution in [0.25, 0.3) is 0 Å². The van der Waals surface area contributed by atoms with E-state index < -0.39 is 11.2 Å². The van der Waals surface area contributed by atoms with E-state index >= 15 is 0 Å². The number of hydrogen-bond acceptors (Lipinski definition) is 1. The predicted molar refractivity (Wildman–Crippen MR) is 46.5 cm³/mol. The van der Waals surface area contributed by atoms with Crippen molar-refractivity contribution in [3.63, 3.8) is 0 Å². The van der Waals surface area contributed by atoms with Gasteiger partial charge in [0, 0.05) is 13.1 Å². The van der Waals surface area contributed by atoms with Gasteiger partial charge in [0.2, 0.25) is 0 Å². The molecule has 1 aromatic rings. The highest BCUT2D eigenvalue weighted by atomic mass is 32.2. The Balaban J connectivity index is 2.91. The van der Waals surface area contributed by atoms with Gasteiger partial charge < -0.3 is 4.55 Å². The average molecular weight is 168 g/mol. The Morgan fingerprint density at radius 3 is 2.73 bits per heavy atom. The molecule has 1 atom stereocenters. The second-order valence-electron chi connectivity index (χ2n) is 2.18. The van der Waals surface area contributed by atoms with E-state index in [1.54, 1.807) is 13.3 Å². The van der Waals surface area contributed by atoms with Gasteiger partial charge in [0.05, 0.1) is 5.69 Å². The van der Waals surface area contributed by atoms with Crippen molar-refractivity contribution in [2.45, 2.75) is 4.90 Å². The molecule has 2 nitrogen and oxygen atoms in total. The molecule has 1 aromatic carbocycles. The Morgan fingerprint density at radius 2 is 2.18 bits per heavy atom. The molecule has 0 heterocycles. The predicted octanol–water partition coefficient (Wildman–Crippen LogP) is 1.29. The minimum Gasteiger partial charge on any atom is -0.612 e. The maximum absolute atomic E-state index is 11.0. The standard InChI is InChI=1S/C8H10NOS/c1-9-7-4-3-5-8(6-7)11(2)10/h3-6H,1-2H3. The van der Waals surface area contributed by atoms with Crippen molar-refractivity contribution < 1.29 is 4.55 Å². The molecule has 1 radical (unpaired) electrons. The van der Waals surface area contributed by atoms with Crippen LogP contribution in [-0.4, -0.2) is 17.9 Å². The average Bonchev–Trinajstić information content (AvgIpc) is 2.05. The van der Waals surface area contributed by atoms with Gasteiger partial charge in [0.25, 0.3) is 0 Å². The fourth-order valence-electron chi connectivity index (χ4n) is 0.801. The van der Waals surface area contributed by atoms with E-state index in [2.05, 4.69) is 5.32 Å². The molecule has 1 rings (SSSR count). The molecule has 0 amide bonds. The van der Waals surface area contributed by atoms with E-state index in [4.69, 9.17) is 0 Å². The van der Waals surface area contributed by atoms with Crippen LogP contribution in [0.4, 0.5) is 5.69 Å². The van der Waals surface area contributed by atoms with Gasteiger partial charge in [-0.2, -0.15) is 0 Å². The molecular formula is C8H10NOS. The van der Waals surface area contributed by atoms with E-state index in [-0.39, 0.29) is 0 Å². The van der Waals surface area contributed by atoms with Gasteiger partial charge in [-0.3, -0.25) is 5.32 Å². The largest absolute Gasteiger partial charge is 0.612 e. The van der Waals surface area contributed by atoms with Crippen LogP contribution >= 0.6 is 0 Å². The van der Waals surface area contributed by atoms with E-state index in [1.165, 1.54) is 0 Å². The molecule has 3 heteroatoms. The first-order chi connectivity index (χ1) is 5.24.